The van der Waals surface area contributed by atoms with E-state index in [0.717, 1.165) is 23.8 Å². The van der Waals surface area contributed by atoms with Crippen LogP contribution in [0.4, 0.5) is 22.7 Å². The minimum atomic E-state index is -0.813. The molecule has 2 amide bonds. The normalized spacial score (nSPS) is 14.4. The van der Waals surface area contributed by atoms with Crippen LogP contribution in [-0.4, -0.2) is 40.9 Å². The monoisotopic (exact) mass is 506 g/mol. The average molecular weight is 506 g/mol. The van der Waals surface area contributed by atoms with Gasteiger partial charge < -0.3 is 19.7 Å². The molecule has 0 aromatic heterocycles. The van der Waals surface area contributed by atoms with Crippen LogP contribution in [0.5, 0.6) is 11.5 Å². The molecule has 4 rings (SSSR count). The van der Waals surface area contributed by atoms with Crippen molar-refractivity contribution in [2.75, 3.05) is 23.4 Å². The fourth-order valence-corrected chi connectivity index (χ4v) is 3.75. The Labute approximate surface area is 210 Å². The maximum Gasteiger partial charge on any atom is 0.277 e. The Kier molecular flexibility index (Phi) is 7.00. The molecule has 1 N–H and O–H groups in total. The number of anilines is 2. The summed E-state index contributed by atoms with van der Waals surface area (Å²) in [6.45, 7) is 4.08. The topological polar surface area (TPSA) is 154 Å². The maximum absolute atomic E-state index is 12.8. The summed E-state index contributed by atoms with van der Waals surface area (Å²) >= 11 is 0. The second-order valence-corrected chi connectivity index (χ2v) is 8.30. The van der Waals surface area contributed by atoms with Crippen LogP contribution in [0, 0.1) is 27.2 Å². The van der Waals surface area contributed by atoms with Gasteiger partial charge in [0.2, 0.25) is 0 Å². The zero-order chi connectivity index (χ0) is 26.7. The highest BCUT2D eigenvalue weighted by molar-refractivity contribution is 6.06. The summed E-state index contributed by atoms with van der Waals surface area (Å²) in [4.78, 5) is 47.6. The Balaban J connectivity index is 1.51. The van der Waals surface area contributed by atoms with Crippen LogP contribution in [0.1, 0.15) is 22.8 Å². The number of ether oxygens (including phenoxy) is 2. The molecule has 0 saturated carbocycles. The number of carbonyl (C=O) groups excluding carboxylic acids is 2. The lowest BCUT2D eigenvalue weighted by atomic mass is 10.1. The largest absolute Gasteiger partial charge is 0.492 e. The molecule has 12 nitrogen and oxygen atoms in total. The molecule has 0 spiro atoms. The zero-order valence-electron chi connectivity index (χ0n) is 19.9. The third-order valence-corrected chi connectivity index (χ3v) is 5.62. The first-order valence-electron chi connectivity index (χ1n) is 11.2. The molecular formula is C25H22N4O8. The number of non-ortho nitro benzene ring substituents is 2. The number of nitrogens with zero attached hydrogens (tertiary/aromatic N) is 3. The quantitative estimate of drug-likeness (QED) is 0.351. The summed E-state index contributed by atoms with van der Waals surface area (Å²) in [5, 5.41) is 24.8. The van der Waals surface area contributed by atoms with Gasteiger partial charge in [-0.2, -0.15) is 0 Å². The Morgan fingerprint density at radius 1 is 1.03 bits per heavy atom. The molecule has 1 heterocycles. The fourth-order valence-electron chi connectivity index (χ4n) is 3.75. The first-order chi connectivity index (χ1) is 17.6. The van der Waals surface area contributed by atoms with Crippen LogP contribution in [-0.2, 0) is 4.79 Å². The van der Waals surface area contributed by atoms with E-state index in [1.54, 1.807) is 13.0 Å². The van der Waals surface area contributed by atoms with E-state index in [1.807, 2.05) is 31.2 Å². The van der Waals surface area contributed by atoms with Gasteiger partial charge in [-0.25, -0.2) is 0 Å². The van der Waals surface area contributed by atoms with Gasteiger partial charge in [0, 0.05) is 23.9 Å². The number of fused-ring (bicyclic) bond motifs is 1. The molecular weight excluding hydrogens is 484 g/mol. The SMILES string of the molecule is Cc1ccc(OCCN2C(=O)C(C)Oc3cc(NC(=O)c4cc([N+](=O)[O-])cc([N+](=O)[O-])c4)ccc32)cc1. The Bertz CT molecular complexity index is 1360. The van der Waals surface area contributed by atoms with Crippen molar-refractivity contribution in [2.45, 2.75) is 20.0 Å². The molecule has 1 aliphatic heterocycles. The number of carbonyl (C=O) groups is 2. The predicted molar refractivity (Wildman–Crippen MR) is 133 cm³/mol. The summed E-state index contributed by atoms with van der Waals surface area (Å²) in [6, 6.07) is 14.9. The third-order valence-electron chi connectivity index (χ3n) is 5.62. The highest BCUT2D eigenvalue weighted by Crippen LogP contribution is 2.36. The number of aryl methyl sites for hydroxylation is 1. The summed E-state index contributed by atoms with van der Waals surface area (Å²) in [7, 11) is 0. The van der Waals surface area contributed by atoms with Crippen molar-refractivity contribution in [1.82, 2.24) is 0 Å². The maximum atomic E-state index is 12.8. The smallest absolute Gasteiger partial charge is 0.277 e. The van der Waals surface area contributed by atoms with Crippen molar-refractivity contribution in [2.24, 2.45) is 0 Å². The van der Waals surface area contributed by atoms with Crippen molar-refractivity contribution < 1.29 is 28.9 Å². The number of hydrogen-bond acceptors (Lipinski definition) is 8. The summed E-state index contributed by atoms with van der Waals surface area (Å²) < 4.78 is 11.5. The van der Waals surface area contributed by atoms with Crippen LogP contribution in [0.2, 0.25) is 0 Å². The molecule has 0 aliphatic carbocycles. The fraction of sp³-hybridized carbons (Fsp3) is 0.200. The number of rotatable bonds is 8. The van der Waals surface area contributed by atoms with E-state index in [2.05, 4.69) is 5.32 Å². The lowest BCUT2D eigenvalue weighted by Gasteiger charge is -2.33. The molecule has 3 aromatic rings. The summed E-state index contributed by atoms with van der Waals surface area (Å²) in [6.07, 6.45) is -0.780. The molecule has 0 saturated heterocycles. The molecule has 12 heteroatoms. The average Bonchev–Trinajstić information content (AvgIpc) is 2.87. The summed E-state index contributed by atoms with van der Waals surface area (Å²) in [5.41, 5.74) is 0.450. The lowest BCUT2D eigenvalue weighted by molar-refractivity contribution is -0.394. The number of amides is 2. The standard InChI is InChI=1S/C25H22N4O8/c1-15-3-6-21(7-4-15)36-10-9-27-22-8-5-18(13-23(22)37-16(2)25(27)31)26-24(30)17-11-19(28(32)33)14-20(12-17)29(34)35/h3-8,11-14,16H,9-10H2,1-2H3,(H,26,30). The predicted octanol–water partition coefficient (Wildman–Crippen LogP) is 4.26. The van der Waals surface area contributed by atoms with E-state index in [-0.39, 0.29) is 30.3 Å². The van der Waals surface area contributed by atoms with Gasteiger partial charge in [-0.1, -0.05) is 17.7 Å². The van der Waals surface area contributed by atoms with E-state index in [0.29, 0.717) is 17.2 Å². The molecule has 0 bridgehead atoms. The van der Waals surface area contributed by atoms with E-state index in [1.165, 1.54) is 17.0 Å². The Morgan fingerprint density at radius 3 is 2.30 bits per heavy atom. The van der Waals surface area contributed by atoms with E-state index < -0.39 is 33.2 Å². The highest BCUT2D eigenvalue weighted by atomic mass is 16.6. The van der Waals surface area contributed by atoms with Gasteiger partial charge >= 0.3 is 0 Å². The number of hydrogen-bond donors (Lipinski definition) is 1. The van der Waals surface area contributed by atoms with Crippen molar-refractivity contribution in [3.8, 4) is 11.5 Å². The Hall–Kier alpha value is -5.00. The second kappa shape index (κ2) is 10.3. The van der Waals surface area contributed by atoms with Gasteiger partial charge in [-0.15, -0.1) is 0 Å². The molecule has 1 unspecified atom stereocenters. The van der Waals surface area contributed by atoms with E-state index in [9.17, 15) is 29.8 Å². The molecule has 0 radical (unpaired) electrons. The van der Waals surface area contributed by atoms with Crippen LogP contribution in [0.15, 0.2) is 60.7 Å². The minimum Gasteiger partial charge on any atom is -0.492 e. The summed E-state index contributed by atoms with van der Waals surface area (Å²) in [5.74, 6) is -0.0139. The first kappa shape index (κ1) is 25.1. The Morgan fingerprint density at radius 2 is 1.68 bits per heavy atom. The third kappa shape index (κ3) is 5.64. The molecule has 37 heavy (non-hydrogen) atoms. The molecule has 1 aliphatic rings. The van der Waals surface area contributed by atoms with Gasteiger partial charge in [0.25, 0.3) is 23.2 Å². The zero-order valence-corrected chi connectivity index (χ0v) is 19.9. The lowest BCUT2D eigenvalue weighted by Crippen LogP contribution is -2.46. The van der Waals surface area contributed by atoms with Crippen LogP contribution in [0.25, 0.3) is 0 Å². The molecule has 190 valence electrons. The first-order valence-corrected chi connectivity index (χ1v) is 11.2. The second-order valence-electron chi connectivity index (χ2n) is 8.30. The van der Waals surface area contributed by atoms with Crippen molar-refractivity contribution in [3.05, 3.63) is 92.0 Å². The highest BCUT2D eigenvalue weighted by Gasteiger charge is 2.31. The van der Waals surface area contributed by atoms with Gasteiger partial charge in [0.1, 0.15) is 18.1 Å². The van der Waals surface area contributed by atoms with Crippen LogP contribution >= 0.6 is 0 Å². The van der Waals surface area contributed by atoms with Crippen molar-refractivity contribution in [1.29, 1.82) is 0 Å². The van der Waals surface area contributed by atoms with E-state index in [4.69, 9.17) is 9.47 Å². The molecule has 3 aromatic carbocycles. The van der Waals surface area contributed by atoms with E-state index >= 15 is 0 Å². The molecule has 0 fully saturated rings. The van der Waals surface area contributed by atoms with Crippen molar-refractivity contribution in [3.63, 3.8) is 0 Å². The number of nitrogens with one attached hydrogen (secondary N) is 1. The number of nitro benzene ring substituents is 2. The van der Waals surface area contributed by atoms with Crippen LogP contribution in [0.3, 0.4) is 0 Å². The molecule has 1 atom stereocenters. The van der Waals surface area contributed by atoms with Gasteiger partial charge in [0.15, 0.2) is 6.10 Å². The number of nitro groups is 2. The number of benzene rings is 3. The van der Waals surface area contributed by atoms with Gasteiger partial charge in [-0.05, 0) is 38.1 Å². The van der Waals surface area contributed by atoms with Gasteiger partial charge in [-0.3, -0.25) is 29.8 Å². The van der Waals surface area contributed by atoms with Crippen molar-refractivity contribution >= 4 is 34.6 Å². The minimum absolute atomic E-state index is 0.241. The van der Waals surface area contributed by atoms with Gasteiger partial charge in [0.05, 0.1) is 33.7 Å². The van der Waals surface area contributed by atoms with Crippen LogP contribution < -0.4 is 19.7 Å².